The van der Waals surface area contributed by atoms with Crippen molar-refractivity contribution in [3.05, 3.63) is 53.1 Å². The number of anilines is 1. The average Bonchev–Trinajstić information content (AvgIpc) is 2.65. The standard InChI is InChI=1S/C19H24ClN3O2S2/c1-3-4-10-19-22-16-11-15(20)18(12-17(16)26-23(19)2)27(24,25)21-13-14-8-6-5-7-9-14/h5-9,11-12,19,21-22H,3-4,10,13H2,1-2H3. The number of hydrogen-bond acceptors (Lipinski definition) is 5. The minimum Gasteiger partial charge on any atom is -0.368 e. The van der Waals surface area contributed by atoms with E-state index in [9.17, 15) is 8.42 Å². The maximum atomic E-state index is 12.8. The van der Waals surface area contributed by atoms with Crippen molar-refractivity contribution in [2.75, 3.05) is 12.4 Å². The van der Waals surface area contributed by atoms with Gasteiger partial charge in [-0.1, -0.05) is 61.7 Å². The zero-order chi connectivity index (χ0) is 19.4. The molecule has 1 heterocycles. The first-order valence-electron chi connectivity index (χ1n) is 8.95. The second-order valence-electron chi connectivity index (χ2n) is 6.53. The molecular formula is C19H24ClN3O2S2. The van der Waals surface area contributed by atoms with Crippen LogP contribution >= 0.6 is 23.5 Å². The van der Waals surface area contributed by atoms with E-state index < -0.39 is 10.0 Å². The smallest absolute Gasteiger partial charge is 0.242 e. The van der Waals surface area contributed by atoms with E-state index >= 15 is 0 Å². The number of nitrogens with zero attached hydrogens (tertiary/aromatic N) is 1. The van der Waals surface area contributed by atoms with Crippen molar-refractivity contribution in [2.45, 2.75) is 48.7 Å². The highest BCUT2D eigenvalue weighted by molar-refractivity contribution is 7.97. The highest BCUT2D eigenvalue weighted by atomic mass is 35.5. The third kappa shape index (κ3) is 4.97. The van der Waals surface area contributed by atoms with Gasteiger partial charge in [-0.3, -0.25) is 0 Å². The van der Waals surface area contributed by atoms with Crippen molar-refractivity contribution < 1.29 is 8.42 Å². The maximum Gasteiger partial charge on any atom is 0.242 e. The fraction of sp³-hybridized carbons (Fsp3) is 0.368. The summed E-state index contributed by atoms with van der Waals surface area (Å²) in [5.74, 6) is 0. The van der Waals surface area contributed by atoms with Gasteiger partial charge in [-0.2, -0.15) is 0 Å². The van der Waals surface area contributed by atoms with E-state index in [0.29, 0.717) is 0 Å². The zero-order valence-corrected chi connectivity index (χ0v) is 17.8. The zero-order valence-electron chi connectivity index (χ0n) is 15.4. The molecule has 146 valence electrons. The second kappa shape index (κ2) is 8.84. The Bertz CT molecular complexity index is 891. The van der Waals surface area contributed by atoms with E-state index in [-0.39, 0.29) is 22.6 Å². The lowest BCUT2D eigenvalue weighted by atomic mass is 10.2. The Balaban J connectivity index is 1.80. The molecule has 1 aliphatic rings. The minimum absolute atomic E-state index is 0.105. The summed E-state index contributed by atoms with van der Waals surface area (Å²) in [5, 5.41) is 3.69. The van der Waals surface area contributed by atoms with Crippen molar-refractivity contribution in [1.82, 2.24) is 9.03 Å². The molecule has 2 aromatic rings. The predicted molar refractivity (Wildman–Crippen MR) is 112 cm³/mol. The Morgan fingerprint density at radius 2 is 2.00 bits per heavy atom. The Morgan fingerprint density at radius 1 is 1.26 bits per heavy atom. The number of fused-ring (bicyclic) bond motifs is 1. The number of sulfonamides is 1. The number of nitrogens with one attached hydrogen (secondary N) is 2. The first kappa shape index (κ1) is 20.5. The lowest BCUT2D eigenvalue weighted by Crippen LogP contribution is -2.36. The summed E-state index contributed by atoms with van der Waals surface area (Å²) in [6, 6.07) is 12.8. The number of benzene rings is 2. The molecule has 0 bridgehead atoms. The first-order chi connectivity index (χ1) is 12.9. The van der Waals surface area contributed by atoms with Crippen LogP contribution in [0.4, 0.5) is 5.69 Å². The van der Waals surface area contributed by atoms with Crippen LogP contribution in [0.2, 0.25) is 5.02 Å². The van der Waals surface area contributed by atoms with Crippen molar-refractivity contribution in [3.63, 3.8) is 0 Å². The summed E-state index contributed by atoms with van der Waals surface area (Å²) >= 11 is 7.88. The molecule has 1 atom stereocenters. The lowest BCUT2D eigenvalue weighted by Gasteiger charge is -2.34. The van der Waals surface area contributed by atoms with Crippen LogP contribution in [0.15, 0.2) is 52.3 Å². The Labute approximate surface area is 170 Å². The molecule has 0 saturated carbocycles. The number of halogens is 1. The normalized spacial score (nSPS) is 17.4. The van der Waals surface area contributed by atoms with Gasteiger partial charge in [0.15, 0.2) is 0 Å². The van der Waals surface area contributed by atoms with Gasteiger partial charge in [-0.05, 0) is 43.1 Å². The van der Waals surface area contributed by atoms with Gasteiger partial charge < -0.3 is 5.32 Å². The Hall–Kier alpha value is -1.25. The van der Waals surface area contributed by atoms with Crippen molar-refractivity contribution >= 4 is 39.3 Å². The molecule has 0 saturated heterocycles. The van der Waals surface area contributed by atoms with Crippen LogP contribution in [-0.2, 0) is 16.6 Å². The molecule has 27 heavy (non-hydrogen) atoms. The van der Waals surface area contributed by atoms with Gasteiger partial charge in [0.1, 0.15) is 4.90 Å². The van der Waals surface area contributed by atoms with Crippen LogP contribution in [0.25, 0.3) is 0 Å². The molecule has 0 spiro atoms. The fourth-order valence-electron chi connectivity index (χ4n) is 2.92. The molecule has 0 aliphatic carbocycles. The van der Waals surface area contributed by atoms with Crippen LogP contribution < -0.4 is 10.0 Å². The largest absolute Gasteiger partial charge is 0.368 e. The molecule has 0 aromatic heterocycles. The summed E-state index contributed by atoms with van der Waals surface area (Å²) < 4.78 is 30.3. The van der Waals surface area contributed by atoms with Crippen molar-refractivity contribution in [3.8, 4) is 0 Å². The molecular weight excluding hydrogens is 402 g/mol. The minimum atomic E-state index is -3.71. The summed E-state index contributed by atoms with van der Waals surface area (Å²) in [6.45, 7) is 2.39. The van der Waals surface area contributed by atoms with Gasteiger partial charge in [0.25, 0.3) is 0 Å². The van der Waals surface area contributed by atoms with Crippen LogP contribution in [0.1, 0.15) is 31.7 Å². The number of unbranched alkanes of at least 4 members (excludes halogenated alkanes) is 1. The molecule has 2 N–H and O–H groups in total. The average molecular weight is 426 g/mol. The van der Waals surface area contributed by atoms with Gasteiger partial charge in [0.2, 0.25) is 10.0 Å². The van der Waals surface area contributed by atoms with E-state index in [4.69, 9.17) is 11.6 Å². The molecule has 0 amide bonds. The topological polar surface area (TPSA) is 61.4 Å². The second-order valence-corrected chi connectivity index (χ2v) is 9.87. The highest BCUT2D eigenvalue weighted by Gasteiger charge is 2.27. The predicted octanol–water partition coefficient (Wildman–Crippen LogP) is 4.70. The van der Waals surface area contributed by atoms with Gasteiger partial charge in [-0.25, -0.2) is 17.4 Å². The van der Waals surface area contributed by atoms with Crippen LogP contribution in [-0.4, -0.2) is 25.9 Å². The summed E-state index contributed by atoms with van der Waals surface area (Å²) in [6.07, 6.45) is 3.49. The monoisotopic (exact) mass is 425 g/mol. The van der Waals surface area contributed by atoms with E-state index in [1.54, 1.807) is 24.1 Å². The maximum absolute atomic E-state index is 12.8. The molecule has 2 aromatic carbocycles. The van der Waals surface area contributed by atoms with Gasteiger partial charge in [0.05, 0.1) is 16.9 Å². The van der Waals surface area contributed by atoms with Crippen molar-refractivity contribution in [1.29, 1.82) is 0 Å². The molecule has 5 nitrogen and oxygen atoms in total. The van der Waals surface area contributed by atoms with Gasteiger partial charge in [-0.15, -0.1) is 0 Å². The fourth-order valence-corrected chi connectivity index (χ4v) is 5.55. The van der Waals surface area contributed by atoms with E-state index in [1.807, 2.05) is 37.4 Å². The summed E-state index contributed by atoms with van der Waals surface area (Å²) in [7, 11) is -1.70. The van der Waals surface area contributed by atoms with E-state index in [0.717, 1.165) is 35.4 Å². The Morgan fingerprint density at radius 3 is 2.70 bits per heavy atom. The van der Waals surface area contributed by atoms with Crippen LogP contribution in [0.5, 0.6) is 0 Å². The molecule has 3 rings (SSSR count). The van der Waals surface area contributed by atoms with Crippen LogP contribution in [0, 0.1) is 0 Å². The van der Waals surface area contributed by atoms with Gasteiger partial charge >= 0.3 is 0 Å². The quantitative estimate of drug-likeness (QED) is 0.629. The summed E-state index contributed by atoms with van der Waals surface area (Å²) in [5.41, 5.74) is 1.77. The third-order valence-electron chi connectivity index (χ3n) is 4.47. The number of rotatable bonds is 7. The van der Waals surface area contributed by atoms with Crippen molar-refractivity contribution in [2.24, 2.45) is 0 Å². The lowest BCUT2D eigenvalue weighted by molar-refractivity contribution is 0.405. The molecule has 1 aliphatic heterocycles. The Kier molecular flexibility index (Phi) is 6.70. The molecule has 1 unspecified atom stereocenters. The van der Waals surface area contributed by atoms with E-state index in [2.05, 4.69) is 21.3 Å². The molecule has 8 heteroatoms. The first-order valence-corrected chi connectivity index (χ1v) is 11.6. The van der Waals surface area contributed by atoms with Crippen LogP contribution in [0.3, 0.4) is 0 Å². The molecule has 0 fully saturated rings. The molecule has 0 radical (unpaired) electrons. The van der Waals surface area contributed by atoms with Gasteiger partial charge in [0, 0.05) is 11.4 Å². The SMILES string of the molecule is CCCCC1Nc2cc(Cl)c(S(=O)(=O)NCc3ccccc3)cc2SN1C. The highest BCUT2D eigenvalue weighted by Crippen LogP contribution is 2.41. The summed E-state index contributed by atoms with van der Waals surface area (Å²) in [4.78, 5) is 0.961. The third-order valence-corrected chi connectivity index (χ3v) is 7.41. The number of hydrogen-bond donors (Lipinski definition) is 2. The van der Waals surface area contributed by atoms with E-state index in [1.165, 1.54) is 0 Å².